The average Bonchev–Trinajstić information content (AvgIpc) is 2.43. The Balaban J connectivity index is 1.98. The van der Waals surface area contributed by atoms with Crippen molar-refractivity contribution in [3.63, 3.8) is 0 Å². The summed E-state index contributed by atoms with van der Waals surface area (Å²) in [6.07, 6.45) is 3.20. The van der Waals surface area contributed by atoms with Crippen LogP contribution in [0.2, 0.25) is 5.02 Å². The number of rotatable bonds is 3. The molecule has 0 saturated carbocycles. The largest absolute Gasteiger partial charge is 0.325 e. The Morgan fingerprint density at radius 2 is 2.37 bits per heavy atom. The molecule has 104 valence electrons. The molecule has 2 unspecified atom stereocenters. The van der Waals surface area contributed by atoms with Crippen molar-refractivity contribution in [2.24, 2.45) is 5.92 Å². The highest BCUT2D eigenvalue weighted by Crippen LogP contribution is 2.26. The maximum absolute atomic E-state index is 12.2. The fourth-order valence-corrected chi connectivity index (χ4v) is 2.80. The topological polar surface area (TPSA) is 41.1 Å². The van der Waals surface area contributed by atoms with Crippen molar-refractivity contribution in [2.45, 2.75) is 32.2 Å². The standard InChI is InChI=1S/C14H18BrClN2O/c1-2-9-5-6-17-13(7-9)14(19)18-10-3-4-11(15)12(16)8-10/h3-4,8-9,13,17H,2,5-7H2,1H3,(H,18,19). The van der Waals surface area contributed by atoms with Crippen molar-refractivity contribution in [3.05, 3.63) is 27.7 Å². The molecule has 1 heterocycles. The summed E-state index contributed by atoms with van der Waals surface area (Å²) in [6, 6.07) is 5.33. The molecule has 0 bridgehead atoms. The maximum Gasteiger partial charge on any atom is 0.241 e. The lowest BCUT2D eigenvalue weighted by Gasteiger charge is -2.28. The fourth-order valence-electron chi connectivity index (χ4n) is 2.37. The highest BCUT2D eigenvalue weighted by molar-refractivity contribution is 9.10. The van der Waals surface area contributed by atoms with Gasteiger partial charge in [-0.05, 0) is 59.4 Å². The Hall–Kier alpha value is -0.580. The van der Waals surface area contributed by atoms with E-state index < -0.39 is 0 Å². The maximum atomic E-state index is 12.2. The Morgan fingerprint density at radius 3 is 3.05 bits per heavy atom. The number of amides is 1. The number of hydrogen-bond acceptors (Lipinski definition) is 2. The number of benzene rings is 1. The van der Waals surface area contributed by atoms with E-state index in [2.05, 4.69) is 33.5 Å². The number of carbonyl (C=O) groups is 1. The van der Waals surface area contributed by atoms with Crippen LogP contribution in [0.15, 0.2) is 22.7 Å². The Bertz CT molecular complexity index is 467. The minimum absolute atomic E-state index is 0.0246. The summed E-state index contributed by atoms with van der Waals surface area (Å²) in [6.45, 7) is 3.09. The highest BCUT2D eigenvalue weighted by Gasteiger charge is 2.25. The van der Waals surface area contributed by atoms with Crippen LogP contribution in [-0.4, -0.2) is 18.5 Å². The summed E-state index contributed by atoms with van der Waals surface area (Å²) in [5.74, 6) is 0.669. The van der Waals surface area contributed by atoms with E-state index in [0.29, 0.717) is 10.9 Å². The van der Waals surface area contributed by atoms with E-state index in [1.807, 2.05) is 12.1 Å². The summed E-state index contributed by atoms with van der Waals surface area (Å²) < 4.78 is 0.828. The van der Waals surface area contributed by atoms with Crippen LogP contribution in [0.3, 0.4) is 0 Å². The molecule has 0 spiro atoms. The molecule has 2 rings (SSSR count). The molecule has 19 heavy (non-hydrogen) atoms. The van der Waals surface area contributed by atoms with E-state index in [9.17, 15) is 4.79 Å². The van der Waals surface area contributed by atoms with E-state index >= 15 is 0 Å². The van der Waals surface area contributed by atoms with Crippen LogP contribution in [0.1, 0.15) is 26.2 Å². The Labute approximate surface area is 127 Å². The molecule has 2 N–H and O–H groups in total. The summed E-state index contributed by atoms with van der Waals surface area (Å²) in [4.78, 5) is 12.2. The third-order valence-corrected chi connectivity index (χ3v) is 4.83. The predicted molar refractivity (Wildman–Crippen MR) is 82.6 cm³/mol. The minimum Gasteiger partial charge on any atom is -0.325 e. The van der Waals surface area contributed by atoms with Crippen LogP contribution in [0.5, 0.6) is 0 Å². The summed E-state index contributed by atoms with van der Waals surface area (Å²) in [7, 11) is 0. The molecule has 0 radical (unpaired) electrons. The fraction of sp³-hybridized carbons (Fsp3) is 0.500. The number of halogens is 2. The molecule has 1 aromatic rings. The molecule has 2 atom stereocenters. The van der Waals surface area contributed by atoms with Gasteiger partial charge in [0.1, 0.15) is 0 Å². The quantitative estimate of drug-likeness (QED) is 0.874. The molecule has 1 aliphatic heterocycles. The zero-order valence-electron chi connectivity index (χ0n) is 10.9. The van der Waals surface area contributed by atoms with E-state index in [-0.39, 0.29) is 11.9 Å². The summed E-state index contributed by atoms with van der Waals surface area (Å²) in [5.41, 5.74) is 0.735. The van der Waals surface area contributed by atoms with Gasteiger partial charge in [-0.15, -0.1) is 0 Å². The van der Waals surface area contributed by atoms with Gasteiger partial charge in [-0.25, -0.2) is 0 Å². The lowest BCUT2D eigenvalue weighted by molar-refractivity contribution is -0.119. The zero-order valence-corrected chi connectivity index (χ0v) is 13.2. The molecule has 1 saturated heterocycles. The van der Waals surface area contributed by atoms with Crippen molar-refractivity contribution < 1.29 is 4.79 Å². The van der Waals surface area contributed by atoms with E-state index in [4.69, 9.17) is 11.6 Å². The third kappa shape index (κ3) is 3.94. The van der Waals surface area contributed by atoms with Crippen LogP contribution >= 0.6 is 27.5 Å². The number of carbonyl (C=O) groups excluding carboxylic acids is 1. The first-order valence-corrected chi connectivity index (χ1v) is 7.76. The van der Waals surface area contributed by atoms with Crippen LogP contribution in [0.25, 0.3) is 0 Å². The number of nitrogens with one attached hydrogen (secondary N) is 2. The first-order valence-electron chi connectivity index (χ1n) is 6.59. The van der Waals surface area contributed by atoms with Gasteiger partial charge in [0.25, 0.3) is 0 Å². The number of anilines is 1. The summed E-state index contributed by atoms with van der Waals surface area (Å²) in [5, 5.41) is 6.79. The molecule has 1 aromatic carbocycles. The normalized spacial score (nSPS) is 23.1. The van der Waals surface area contributed by atoms with Crippen LogP contribution in [-0.2, 0) is 4.79 Å². The third-order valence-electron chi connectivity index (χ3n) is 3.59. The number of piperidine rings is 1. The van der Waals surface area contributed by atoms with Crippen molar-refractivity contribution in [2.75, 3.05) is 11.9 Å². The Kier molecular flexibility index (Phi) is 5.25. The molecule has 0 aromatic heterocycles. The first-order chi connectivity index (χ1) is 9.10. The highest BCUT2D eigenvalue weighted by atomic mass is 79.9. The van der Waals surface area contributed by atoms with Gasteiger partial charge in [0, 0.05) is 10.2 Å². The van der Waals surface area contributed by atoms with E-state index in [0.717, 1.165) is 36.0 Å². The smallest absolute Gasteiger partial charge is 0.241 e. The first kappa shape index (κ1) is 14.8. The van der Waals surface area contributed by atoms with E-state index in [1.165, 1.54) is 0 Å². The Morgan fingerprint density at radius 1 is 1.58 bits per heavy atom. The van der Waals surface area contributed by atoms with Gasteiger partial charge in [-0.2, -0.15) is 0 Å². The van der Waals surface area contributed by atoms with Gasteiger partial charge in [-0.1, -0.05) is 24.9 Å². The molecule has 3 nitrogen and oxygen atoms in total. The second-order valence-corrected chi connectivity index (χ2v) is 6.19. The lowest BCUT2D eigenvalue weighted by Crippen LogP contribution is -2.46. The summed E-state index contributed by atoms with van der Waals surface area (Å²) >= 11 is 9.35. The molecule has 1 fully saturated rings. The van der Waals surface area contributed by atoms with Crippen molar-refractivity contribution in [1.82, 2.24) is 5.32 Å². The second kappa shape index (κ2) is 6.73. The van der Waals surface area contributed by atoms with Gasteiger partial charge < -0.3 is 10.6 Å². The van der Waals surface area contributed by atoms with Gasteiger partial charge in [0.15, 0.2) is 0 Å². The molecule has 1 amide bonds. The van der Waals surface area contributed by atoms with Crippen LogP contribution in [0, 0.1) is 5.92 Å². The van der Waals surface area contributed by atoms with Gasteiger partial charge in [0.05, 0.1) is 11.1 Å². The van der Waals surface area contributed by atoms with Crippen molar-refractivity contribution >= 4 is 39.1 Å². The molecular weight excluding hydrogens is 328 g/mol. The monoisotopic (exact) mass is 344 g/mol. The van der Waals surface area contributed by atoms with Crippen molar-refractivity contribution in [3.8, 4) is 0 Å². The lowest BCUT2D eigenvalue weighted by atomic mass is 9.90. The molecule has 1 aliphatic rings. The van der Waals surface area contributed by atoms with Crippen molar-refractivity contribution in [1.29, 1.82) is 0 Å². The van der Waals surface area contributed by atoms with E-state index in [1.54, 1.807) is 6.07 Å². The van der Waals surface area contributed by atoms with Crippen LogP contribution < -0.4 is 10.6 Å². The van der Waals surface area contributed by atoms with Gasteiger partial charge >= 0.3 is 0 Å². The minimum atomic E-state index is -0.0962. The molecular formula is C14H18BrClN2O. The van der Waals surface area contributed by atoms with Gasteiger partial charge in [-0.3, -0.25) is 4.79 Å². The zero-order chi connectivity index (χ0) is 13.8. The average molecular weight is 346 g/mol. The molecule has 0 aliphatic carbocycles. The number of hydrogen-bond donors (Lipinski definition) is 2. The molecule has 5 heteroatoms. The second-order valence-electron chi connectivity index (χ2n) is 4.92. The predicted octanol–water partition coefficient (Wildman–Crippen LogP) is 3.82. The van der Waals surface area contributed by atoms with Crippen LogP contribution in [0.4, 0.5) is 5.69 Å². The van der Waals surface area contributed by atoms with Gasteiger partial charge in [0.2, 0.25) is 5.91 Å². The SMILES string of the molecule is CCC1CCNC(C(=O)Nc2ccc(Br)c(Cl)c2)C1.